The molecule has 162 valence electrons. The van der Waals surface area contributed by atoms with Gasteiger partial charge < -0.3 is 9.88 Å². The summed E-state index contributed by atoms with van der Waals surface area (Å²) in [6.07, 6.45) is 3.68. The number of nitrogens with zero attached hydrogens (tertiary/aromatic N) is 3. The molecule has 6 rings (SSSR count). The van der Waals surface area contributed by atoms with Gasteiger partial charge in [-0.25, -0.2) is 4.98 Å². The second-order valence-electron chi connectivity index (χ2n) is 8.76. The monoisotopic (exact) mass is 490 g/mol. The van der Waals surface area contributed by atoms with E-state index in [4.69, 9.17) is 4.98 Å². The fourth-order valence-corrected chi connectivity index (χ4v) is 5.33. The molecule has 6 nitrogen and oxygen atoms in total. The summed E-state index contributed by atoms with van der Waals surface area (Å²) in [5.41, 5.74) is 4.26. The minimum Gasteiger partial charge on any atom is -0.357 e. The van der Waals surface area contributed by atoms with Crippen molar-refractivity contribution in [2.45, 2.75) is 44.7 Å². The minimum absolute atomic E-state index is 0.0209. The topological polar surface area (TPSA) is 71.0 Å². The Balaban J connectivity index is 1.25. The van der Waals surface area contributed by atoms with Crippen LogP contribution in [0.15, 0.2) is 51.7 Å². The van der Waals surface area contributed by atoms with Crippen LogP contribution in [0.3, 0.4) is 0 Å². The molecular formula is C25H23BrN4O2. The third kappa shape index (κ3) is 3.26. The van der Waals surface area contributed by atoms with Gasteiger partial charge in [0, 0.05) is 59.5 Å². The number of nitrogens with one attached hydrogen (secondary N) is 1. The van der Waals surface area contributed by atoms with Crippen LogP contribution in [0.5, 0.6) is 0 Å². The molecule has 1 fully saturated rings. The van der Waals surface area contributed by atoms with Gasteiger partial charge in [-0.1, -0.05) is 24.3 Å². The smallest absolute Gasteiger partial charge is 0.261 e. The summed E-state index contributed by atoms with van der Waals surface area (Å²) in [6, 6.07) is 13.9. The maximum absolute atomic E-state index is 13.1. The van der Waals surface area contributed by atoms with Gasteiger partial charge in [-0.2, -0.15) is 0 Å². The highest BCUT2D eigenvalue weighted by atomic mass is 79.9. The van der Waals surface area contributed by atoms with E-state index in [0.717, 1.165) is 35.1 Å². The van der Waals surface area contributed by atoms with E-state index in [0.29, 0.717) is 36.8 Å². The lowest BCUT2D eigenvalue weighted by Crippen LogP contribution is -2.36. The summed E-state index contributed by atoms with van der Waals surface area (Å²) in [6.45, 7) is 1.32. The Kier molecular flexibility index (Phi) is 4.68. The average Bonchev–Trinajstić information content (AvgIpc) is 3.57. The van der Waals surface area contributed by atoms with Crippen LogP contribution in [0.2, 0.25) is 0 Å². The van der Waals surface area contributed by atoms with E-state index in [2.05, 4.69) is 27.0 Å². The molecule has 7 heteroatoms. The zero-order chi connectivity index (χ0) is 21.8. The van der Waals surface area contributed by atoms with Gasteiger partial charge in [-0.05, 0) is 47.0 Å². The highest BCUT2D eigenvalue weighted by Gasteiger charge is 2.29. The number of hydrogen-bond donors (Lipinski definition) is 1. The van der Waals surface area contributed by atoms with Gasteiger partial charge in [0.25, 0.3) is 5.56 Å². The fraction of sp³-hybridized carbons (Fsp3) is 0.320. The van der Waals surface area contributed by atoms with E-state index in [-0.39, 0.29) is 17.5 Å². The SMILES string of the molecule is O=C(CCc1nc2ccccc2c(=O)n1C1CC1)N1CCc2[nH]c3c(Br)cccc3c2C1. The molecule has 2 aromatic carbocycles. The van der Waals surface area contributed by atoms with Crippen molar-refractivity contribution >= 4 is 43.6 Å². The first-order valence-corrected chi connectivity index (χ1v) is 12.0. The molecule has 1 aliphatic heterocycles. The fourth-order valence-electron chi connectivity index (χ4n) is 4.87. The molecule has 2 aliphatic rings. The standard InChI is InChI=1S/C25H23BrN4O2/c26-19-6-3-5-16-18-14-29(13-12-21(18)28-24(16)19)23(31)11-10-22-27-20-7-2-1-4-17(20)25(32)30(22)15-8-9-15/h1-7,15,28H,8-14H2. The first-order chi connectivity index (χ1) is 15.6. The van der Waals surface area contributed by atoms with Crippen LogP contribution in [-0.4, -0.2) is 31.9 Å². The van der Waals surface area contributed by atoms with Crippen molar-refractivity contribution in [1.29, 1.82) is 0 Å². The number of hydrogen-bond acceptors (Lipinski definition) is 3. The normalized spacial score (nSPS) is 16.0. The lowest BCUT2D eigenvalue weighted by molar-refractivity contribution is -0.132. The number of benzene rings is 2. The van der Waals surface area contributed by atoms with Crippen molar-refractivity contribution in [3.05, 3.63) is 74.4 Å². The van der Waals surface area contributed by atoms with Crippen molar-refractivity contribution in [3.63, 3.8) is 0 Å². The summed E-state index contributed by atoms with van der Waals surface area (Å²) < 4.78 is 2.88. The number of H-pyrrole nitrogens is 1. The number of aromatic amines is 1. The third-order valence-electron chi connectivity index (χ3n) is 6.67. The van der Waals surface area contributed by atoms with E-state index >= 15 is 0 Å². The van der Waals surface area contributed by atoms with Crippen LogP contribution >= 0.6 is 15.9 Å². The van der Waals surface area contributed by atoms with Crippen LogP contribution in [0.25, 0.3) is 21.8 Å². The molecule has 1 amide bonds. The predicted octanol–water partition coefficient (Wildman–Crippen LogP) is 4.49. The molecule has 0 bridgehead atoms. The van der Waals surface area contributed by atoms with E-state index in [1.165, 1.54) is 16.6 Å². The first-order valence-electron chi connectivity index (χ1n) is 11.2. The molecule has 1 aliphatic carbocycles. The molecular weight excluding hydrogens is 468 g/mol. The van der Waals surface area contributed by atoms with Crippen LogP contribution in [0.4, 0.5) is 0 Å². The van der Waals surface area contributed by atoms with Gasteiger partial charge in [0.2, 0.25) is 5.91 Å². The Hall–Kier alpha value is -2.93. The second kappa shape index (κ2) is 7.59. The number of carbonyl (C=O) groups is 1. The molecule has 32 heavy (non-hydrogen) atoms. The summed E-state index contributed by atoms with van der Waals surface area (Å²) in [4.78, 5) is 36.4. The molecule has 2 aromatic heterocycles. The van der Waals surface area contributed by atoms with E-state index < -0.39 is 0 Å². The molecule has 1 N–H and O–H groups in total. The lowest BCUT2D eigenvalue weighted by Gasteiger charge is -2.27. The molecule has 0 radical (unpaired) electrons. The first kappa shape index (κ1) is 19.7. The average molecular weight is 491 g/mol. The number of amides is 1. The Bertz CT molecular complexity index is 1430. The molecule has 0 atom stereocenters. The second-order valence-corrected chi connectivity index (χ2v) is 9.62. The van der Waals surface area contributed by atoms with Crippen molar-refractivity contribution < 1.29 is 4.79 Å². The summed E-state index contributed by atoms with van der Waals surface area (Å²) >= 11 is 3.62. The van der Waals surface area contributed by atoms with Gasteiger partial charge in [0.1, 0.15) is 5.82 Å². The Morgan fingerprint density at radius 1 is 1.12 bits per heavy atom. The van der Waals surface area contributed by atoms with Crippen molar-refractivity contribution in [2.24, 2.45) is 0 Å². The lowest BCUT2D eigenvalue weighted by atomic mass is 10.0. The van der Waals surface area contributed by atoms with Crippen LogP contribution in [0.1, 0.15) is 42.4 Å². The maximum Gasteiger partial charge on any atom is 0.261 e. The number of aromatic nitrogens is 3. The molecule has 1 saturated carbocycles. The minimum atomic E-state index is 0.0209. The van der Waals surface area contributed by atoms with Crippen molar-refractivity contribution in [1.82, 2.24) is 19.4 Å². The molecule has 4 aromatic rings. The largest absolute Gasteiger partial charge is 0.357 e. The third-order valence-corrected chi connectivity index (χ3v) is 7.33. The number of carbonyl (C=O) groups excluding carboxylic acids is 1. The Morgan fingerprint density at radius 3 is 2.78 bits per heavy atom. The predicted molar refractivity (Wildman–Crippen MR) is 128 cm³/mol. The highest BCUT2D eigenvalue weighted by molar-refractivity contribution is 9.10. The van der Waals surface area contributed by atoms with Gasteiger partial charge in [-0.15, -0.1) is 0 Å². The van der Waals surface area contributed by atoms with Crippen LogP contribution in [0, 0.1) is 0 Å². The van der Waals surface area contributed by atoms with Crippen molar-refractivity contribution in [2.75, 3.05) is 6.54 Å². The summed E-state index contributed by atoms with van der Waals surface area (Å²) in [5.74, 6) is 0.850. The summed E-state index contributed by atoms with van der Waals surface area (Å²) in [5, 5.41) is 1.83. The maximum atomic E-state index is 13.1. The molecule has 0 spiro atoms. The molecule has 3 heterocycles. The van der Waals surface area contributed by atoms with Gasteiger partial charge >= 0.3 is 0 Å². The molecule has 0 unspecified atom stereocenters. The van der Waals surface area contributed by atoms with E-state index in [1.54, 1.807) is 0 Å². The summed E-state index contributed by atoms with van der Waals surface area (Å²) in [7, 11) is 0. The Labute approximate surface area is 193 Å². The number of halogens is 1. The van der Waals surface area contributed by atoms with E-state index in [9.17, 15) is 9.59 Å². The number of aryl methyl sites for hydroxylation is 1. The van der Waals surface area contributed by atoms with Crippen LogP contribution < -0.4 is 5.56 Å². The zero-order valence-corrected chi connectivity index (χ0v) is 19.2. The number of para-hydroxylation sites is 2. The highest BCUT2D eigenvalue weighted by Crippen LogP contribution is 2.35. The Morgan fingerprint density at radius 2 is 1.94 bits per heavy atom. The van der Waals surface area contributed by atoms with Gasteiger partial charge in [0.15, 0.2) is 0 Å². The zero-order valence-electron chi connectivity index (χ0n) is 17.6. The number of fused-ring (bicyclic) bond motifs is 4. The van der Waals surface area contributed by atoms with Gasteiger partial charge in [-0.3, -0.25) is 14.2 Å². The van der Waals surface area contributed by atoms with Gasteiger partial charge in [0.05, 0.1) is 16.4 Å². The quantitative estimate of drug-likeness (QED) is 0.457. The van der Waals surface area contributed by atoms with E-state index in [1.807, 2.05) is 45.9 Å². The number of rotatable bonds is 4. The molecule has 0 saturated heterocycles. The van der Waals surface area contributed by atoms with Crippen molar-refractivity contribution in [3.8, 4) is 0 Å². The van der Waals surface area contributed by atoms with Crippen LogP contribution in [-0.2, 0) is 24.2 Å².